The normalized spacial score (nSPS) is 16.4. The smallest absolute Gasteiger partial charge is 0.414 e. The van der Waals surface area contributed by atoms with Gasteiger partial charge in [-0.1, -0.05) is 48.5 Å². The molecule has 22 heavy (non-hydrogen) atoms. The van der Waals surface area contributed by atoms with Gasteiger partial charge in [-0.25, -0.2) is 4.79 Å². The van der Waals surface area contributed by atoms with Crippen molar-refractivity contribution in [1.82, 2.24) is 0 Å². The highest BCUT2D eigenvalue weighted by Crippen LogP contribution is 2.38. The first-order valence-corrected chi connectivity index (χ1v) is 7.47. The minimum absolute atomic E-state index is 0.117. The molecule has 1 aliphatic rings. The number of aliphatic hydroxyl groups is 1. The molecule has 3 rings (SSSR count). The summed E-state index contributed by atoms with van der Waals surface area (Å²) in [5.41, 5.74) is 2.96. The summed E-state index contributed by atoms with van der Waals surface area (Å²) in [4.78, 5) is 14.0. The average molecular weight is 297 g/mol. The average Bonchev–Trinajstić information content (AvgIpc) is 2.93. The molecule has 4 nitrogen and oxygen atoms in total. The van der Waals surface area contributed by atoms with E-state index in [1.54, 1.807) is 4.90 Å². The summed E-state index contributed by atoms with van der Waals surface area (Å²) in [7, 11) is 0. The highest BCUT2D eigenvalue weighted by molar-refractivity contribution is 5.90. The van der Waals surface area contributed by atoms with Gasteiger partial charge in [0.15, 0.2) is 0 Å². The van der Waals surface area contributed by atoms with Gasteiger partial charge in [0.25, 0.3) is 0 Å². The number of aliphatic hydroxyl groups excluding tert-OH is 1. The van der Waals surface area contributed by atoms with Gasteiger partial charge in [-0.2, -0.15) is 0 Å². The molecular weight excluding hydrogens is 278 g/mol. The highest BCUT2D eigenvalue weighted by atomic mass is 16.6. The van der Waals surface area contributed by atoms with Gasteiger partial charge in [-0.3, -0.25) is 4.90 Å². The number of fused-ring (bicyclic) bond motifs is 1. The molecule has 0 saturated carbocycles. The first kappa shape index (κ1) is 14.6. The second-order valence-electron chi connectivity index (χ2n) is 5.42. The van der Waals surface area contributed by atoms with Crippen molar-refractivity contribution in [2.24, 2.45) is 0 Å². The van der Waals surface area contributed by atoms with Crippen LogP contribution in [-0.2, 0) is 11.3 Å². The van der Waals surface area contributed by atoms with Gasteiger partial charge in [-0.15, -0.1) is 0 Å². The van der Waals surface area contributed by atoms with E-state index >= 15 is 0 Å². The molecule has 2 aromatic rings. The largest absolute Gasteiger partial charge is 0.444 e. The summed E-state index contributed by atoms with van der Waals surface area (Å²) in [6.45, 7) is 0.947. The highest BCUT2D eigenvalue weighted by Gasteiger charge is 2.32. The van der Waals surface area contributed by atoms with Gasteiger partial charge < -0.3 is 9.84 Å². The fourth-order valence-corrected chi connectivity index (χ4v) is 2.87. The Labute approximate surface area is 130 Å². The van der Waals surface area contributed by atoms with Gasteiger partial charge in [0.1, 0.15) is 6.61 Å². The number of hydrogen-bond acceptors (Lipinski definition) is 3. The van der Waals surface area contributed by atoms with Crippen molar-refractivity contribution < 1.29 is 14.6 Å². The first-order chi connectivity index (χ1) is 10.8. The van der Waals surface area contributed by atoms with Gasteiger partial charge in [0.2, 0.25) is 0 Å². The zero-order valence-electron chi connectivity index (χ0n) is 12.3. The number of amides is 1. The van der Waals surface area contributed by atoms with E-state index in [0.717, 1.165) is 16.8 Å². The molecule has 1 amide bonds. The third-order valence-electron chi connectivity index (χ3n) is 3.97. The molecular formula is C18H19NO3. The topological polar surface area (TPSA) is 49.8 Å². The fourth-order valence-electron chi connectivity index (χ4n) is 2.87. The van der Waals surface area contributed by atoms with Crippen LogP contribution in [-0.4, -0.2) is 24.4 Å². The molecule has 1 unspecified atom stereocenters. The second-order valence-corrected chi connectivity index (χ2v) is 5.42. The Kier molecular flexibility index (Phi) is 4.39. The van der Waals surface area contributed by atoms with Gasteiger partial charge in [-0.05, 0) is 23.6 Å². The van der Waals surface area contributed by atoms with Crippen molar-refractivity contribution in [2.75, 3.05) is 18.1 Å². The molecule has 1 heterocycles. The summed E-state index contributed by atoms with van der Waals surface area (Å²) >= 11 is 0. The summed E-state index contributed by atoms with van der Waals surface area (Å²) in [6, 6.07) is 17.5. The maximum absolute atomic E-state index is 12.4. The molecule has 114 valence electrons. The van der Waals surface area contributed by atoms with Crippen molar-refractivity contribution >= 4 is 11.8 Å². The maximum Gasteiger partial charge on any atom is 0.414 e. The predicted molar refractivity (Wildman–Crippen MR) is 84.9 cm³/mol. The zero-order chi connectivity index (χ0) is 15.4. The molecule has 2 aromatic carbocycles. The standard InChI is InChI=1S/C18H19NO3/c20-11-10-15-12-19(17-9-5-4-8-16(15)17)18(21)22-13-14-6-2-1-3-7-14/h1-9,15,20H,10-13H2. The molecule has 0 aliphatic carbocycles. The Balaban J connectivity index is 1.71. The summed E-state index contributed by atoms with van der Waals surface area (Å²) in [5.74, 6) is 0.172. The van der Waals surface area contributed by atoms with Crippen molar-refractivity contribution in [1.29, 1.82) is 0 Å². The molecule has 1 aliphatic heterocycles. The van der Waals surface area contributed by atoms with Gasteiger partial charge >= 0.3 is 6.09 Å². The van der Waals surface area contributed by atoms with Crippen LogP contribution in [0.25, 0.3) is 0 Å². The molecule has 0 aromatic heterocycles. The fraction of sp³-hybridized carbons (Fsp3) is 0.278. The lowest BCUT2D eigenvalue weighted by molar-refractivity contribution is 0.147. The van der Waals surface area contributed by atoms with Crippen molar-refractivity contribution in [3.05, 3.63) is 65.7 Å². The third-order valence-corrected chi connectivity index (χ3v) is 3.97. The number of anilines is 1. The van der Waals surface area contributed by atoms with E-state index in [1.807, 2.05) is 54.6 Å². The summed E-state index contributed by atoms with van der Waals surface area (Å²) in [5, 5.41) is 9.19. The lowest BCUT2D eigenvalue weighted by atomic mass is 9.99. The number of nitrogens with zero attached hydrogens (tertiary/aromatic N) is 1. The molecule has 0 radical (unpaired) electrons. The zero-order valence-corrected chi connectivity index (χ0v) is 12.3. The SMILES string of the molecule is O=C(OCc1ccccc1)N1CC(CCO)c2ccccc21. The molecule has 0 bridgehead atoms. The number of carbonyl (C=O) groups is 1. The Morgan fingerprint density at radius 2 is 1.86 bits per heavy atom. The van der Waals surface area contributed by atoms with E-state index in [4.69, 9.17) is 4.74 Å². The Morgan fingerprint density at radius 3 is 2.64 bits per heavy atom. The van der Waals surface area contributed by atoms with E-state index in [0.29, 0.717) is 13.0 Å². The van der Waals surface area contributed by atoms with Crippen molar-refractivity contribution in [3.8, 4) is 0 Å². The lowest BCUT2D eigenvalue weighted by Crippen LogP contribution is -2.30. The molecule has 0 saturated heterocycles. The second kappa shape index (κ2) is 6.62. The van der Waals surface area contributed by atoms with Crippen LogP contribution in [0.2, 0.25) is 0 Å². The summed E-state index contributed by atoms with van der Waals surface area (Å²) < 4.78 is 5.42. The van der Waals surface area contributed by atoms with Crippen LogP contribution < -0.4 is 4.90 Å². The molecule has 1 atom stereocenters. The Morgan fingerprint density at radius 1 is 1.14 bits per heavy atom. The van der Waals surface area contributed by atoms with E-state index in [9.17, 15) is 9.90 Å². The van der Waals surface area contributed by atoms with E-state index in [1.165, 1.54) is 0 Å². The van der Waals surface area contributed by atoms with Crippen LogP contribution >= 0.6 is 0 Å². The Bertz CT molecular complexity index is 642. The minimum atomic E-state index is -0.336. The number of para-hydroxylation sites is 1. The molecule has 4 heteroatoms. The van der Waals surface area contributed by atoms with Crippen LogP contribution in [0.4, 0.5) is 10.5 Å². The van der Waals surface area contributed by atoms with Crippen LogP contribution in [0.3, 0.4) is 0 Å². The van der Waals surface area contributed by atoms with E-state index in [-0.39, 0.29) is 25.2 Å². The predicted octanol–water partition coefficient (Wildman–Crippen LogP) is 3.31. The first-order valence-electron chi connectivity index (χ1n) is 7.47. The molecule has 0 fully saturated rings. The monoisotopic (exact) mass is 297 g/mol. The maximum atomic E-state index is 12.4. The summed E-state index contributed by atoms with van der Waals surface area (Å²) in [6.07, 6.45) is 0.316. The molecule has 0 spiro atoms. The number of benzene rings is 2. The number of rotatable bonds is 4. The van der Waals surface area contributed by atoms with Crippen LogP contribution in [0, 0.1) is 0 Å². The number of carbonyl (C=O) groups excluding carboxylic acids is 1. The quantitative estimate of drug-likeness (QED) is 0.942. The number of hydrogen-bond donors (Lipinski definition) is 1. The van der Waals surface area contributed by atoms with Crippen molar-refractivity contribution in [3.63, 3.8) is 0 Å². The molecule has 1 N–H and O–H groups in total. The van der Waals surface area contributed by atoms with E-state index < -0.39 is 0 Å². The van der Waals surface area contributed by atoms with Gasteiger partial charge in [0.05, 0.1) is 5.69 Å². The lowest BCUT2D eigenvalue weighted by Gasteiger charge is -2.17. The van der Waals surface area contributed by atoms with Crippen LogP contribution in [0.1, 0.15) is 23.5 Å². The van der Waals surface area contributed by atoms with Crippen molar-refractivity contribution in [2.45, 2.75) is 18.9 Å². The Hall–Kier alpha value is -2.33. The number of ether oxygens (including phenoxy) is 1. The van der Waals surface area contributed by atoms with E-state index in [2.05, 4.69) is 0 Å². The van der Waals surface area contributed by atoms with Gasteiger partial charge in [0, 0.05) is 19.1 Å². The van der Waals surface area contributed by atoms with Crippen LogP contribution in [0.15, 0.2) is 54.6 Å². The minimum Gasteiger partial charge on any atom is -0.444 e. The third kappa shape index (κ3) is 2.97. The van der Waals surface area contributed by atoms with Crippen LogP contribution in [0.5, 0.6) is 0 Å².